The molecular weight excluding hydrogens is 250 g/mol. The Morgan fingerprint density at radius 2 is 1.93 bits per heavy atom. The van der Waals surface area contributed by atoms with Gasteiger partial charge in [-0.15, -0.1) is 0 Å². The van der Waals surface area contributed by atoms with E-state index in [4.69, 9.17) is 0 Å². The molecule has 15 heavy (non-hydrogen) atoms. The summed E-state index contributed by atoms with van der Waals surface area (Å²) in [6.45, 7) is 2.16. The lowest BCUT2D eigenvalue weighted by Gasteiger charge is -2.04. The van der Waals surface area contributed by atoms with Crippen LogP contribution in [0.1, 0.15) is 31.2 Å². The molecule has 0 atom stereocenters. The van der Waals surface area contributed by atoms with Gasteiger partial charge >= 0.3 is 0 Å². The molecule has 0 bridgehead atoms. The standard InChI is InChI=1S/C13H18BrN/c14-13-7-5-12(6-8-13)10-15-9-1-2-11-3-4-11/h5-8,11,15H,1-4,9-10H2. The molecule has 2 heteroatoms. The third kappa shape index (κ3) is 4.35. The van der Waals surface area contributed by atoms with E-state index in [9.17, 15) is 0 Å². The van der Waals surface area contributed by atoms with E-state index >= 15 is 0 Å². The smallest absolute Gasteiger partial charge is 0.0205 e. The average Bonchev–Trinajstić information content (AvgIpc) is 3.04. The zero-order chi connectivity index (χ0) is 10.5. The molecule has 0 unspecified atom stereocenters. The van der Waals surface area contributed by atoms with Crippen LogP contribution >= 0.6 is 15.9 Å². The molecule has 0 heterocycles. The van der Waals surface area contributed by atoms with Gasteiger partial charge in [0, 0.05) is 11.0 Å². The van der Waals surface area contributed by atoms with Crippen molar-refractivity contribution in [3.8, 4) is 0 Å². The molecule has 2 rings (SSSR count). The van der Waals surface area contributed by atoms with Gasteiger partial charge in [-0.2, -0.15) is 0 Å². The topological polar surface area (TPSA) is 12.0 Å². The van der Waals surface area contributed by atoms with Gasteiger partial charge in [0.15, 0.2) is 0 Å². The minimum atomic E-state index is 0.998. The summed E-state index contributed by atoms with van der Waals surface area (Å²) in [4.78, 5) is 0. The molecule has 0 aliphatic heterocycles. The summed E-state index contributed by atoms with van der Waals surface area (Å²) in [6, 6.07) is 8.53. The van der Waals surface area contributed by atoms with Crippen LogP contribution in [-0.4, -0.2) is 6.54 Å². The van der Waals surface area contributed by atoms with Crippen LogP contribution in [0.25, 0.3) is 0 Å². The first kappa shape index (κ1) is 11.2. The van der Waals surface area contributed by atoms with Crippen molar-refractivity contribution in [2.45, 2.75) is 32.2 Å². The first-order chi connectivity index (χ1) is 7.34. The summed E-state index contributed by atoms with van der Waals surface area (Å²) >= 11 is 3.44. The fourth-order valence-electron chi connectivity index (χ4n) is 1.76. The molecule has 1 aliphatic carbocycles. The van der Waals surface area contributed by atoms with E-state index in [1.165, 1.54) is 31.2 Å². The highest BCUT2D eigenvalue weighted by molar-refractivity contribution is 9.10. The monoisotopic (exact) mass is 267 g/mol. The van der Waals surface area contributed by atoms with Gasteiger partial charge in [-0.25, -0.2) is 0 Å². The summed E-state index contributed by atoms with van der Waals surface area (Å²) in [5.74, 6) is 1.07. The third-order valence-electron chi connectivity index (χ3n) is 2.91. The van der Waals surface area contributed by atoms with Crippen LogP contribution in [-0.2, 0) is 6.54 Å². The Hall–Kier alpha value is -0.340. The van der Waals surface area contributed by atoms with Crippen molar-refractivity contribution in [2.24, 2.45) is 5.92 Å². The molecule has 0 spiro atoms. The molecule has 1 aromatic rings. The normalized spacial score (nSPS) is 15.5. The van der Waals surface area contributed by atoms with E-state index in [1.807, 2.05) is 0 Å². The van der Waals surface area contributed by atoms with Gasteiger partial charge in [-0.05, 0) is 43.0 Å². The maximum absolute atomic E-state index is 3.49. The van der Waals surface area contributed by atoms with Crippen LogP contribution in [0.5, 0.6) is 0 Å². The van der Waals surface area contributed by atoms with E-state index in [2.05, 4.69) is 45.5 Å². The molecule has 1 aliphatic rings. The molecule has 82 valence electrons. The van der Waals surface area contributed by atoms with Gasteiger partial charge in [0.2, 0.25) is 0 Å². The van der Waals surface area contributed by atoms with Crippen molar-refractivity contribution in [3.05, 3.63) is 34.3 Å². The van der Waals surface area contributed by atoms with Gasteiger partial charge in [-0.1, -0.05) is 40.9 Å². The van der Waals surface area contributed by atoms with Gasteiger partial charge < -0.3 is 5.32 Å². The lowest BCUT2D eigenvalue weighted by atomic mass is 10.2. The maximum atomic E-state index is 3.49. The van der Waals surface area contributed by atoms with Crippen molar-refractivity contribution in [1.82, 2.24) is 5.32 Å². The largest absolute Gasteiger partial charge is 0.313 e. The summed E-state index contributed by atoms with van der Waals surface area (Å²) < 4.78 is 1.15. The molecule has 0 radical (unpaired) electrons. The Morgan fingerprint density at radius 1 is 1.20 bits per heavy atom. The van der Waals surface area contributed by atoms with Crippen LogP contribution in [0.3, 0.4) is 0 Å². The van der Waals surface area contributed by atoms with Crippen molar-refractivity contribution in [3.63, 3.8) is 0 Å². The number of nitrogens with one attached hydrogen (secondary N) is 1. The van der Waals surface area contributed by atoms with E-state index < -0.39 is 0 Å². The Bertz CT molecular complexity index is 290. The summed E-state index contributed by atoms with van der Waals surface area (Å²) in [7, 11) is 0. The van der Waals surface area contributed by atoms with Gasteiger partial charge in [0.05, 0.1) is 0 Å². The number of hydrogen-bond donors (Lipinski definition) is 1. The Balaban J connectivity index is 1.58. The molecular formula is C13H18BrN. The molecule has 0 aromatic heterocycles. The van der Waals surface area contributed by atoms with Crippen molar-refractivity contribution >= 4 is 15.9 Å². The lowest BCUT2D eigenvalue weighted by molar-refractivity contribution is 0.594. The van der Waals surface area contributed by atoms with Crippen LogP contribution in [0.15, 0.2) is 28.7 Å². The first-order valence-electron chi connectivity index (χ1n) is 5.80. The van der Waals surface area contributed by atoms with Crippen LogP contribution in [0.4, 0.5) is 0 Å². The second kappa shape index (κ2) is 5.66. The summed E-state index contributed by atoms with van der Waals surface area (Å²) in [5.41, 5.74) is 1.37. The highest BCUT2D eigenvalue weighted by Gasteiger charge is 2.19. The molecule has 0 amide bonds. The molecule has 1 aromatic carbocycles. The van der Waals surface area contributed by atoms with Crippen molar-refractivity contribution in [2.75, 3.05) is 6.54 Å². The maximum Gasteiger partial charge on any atom is 0.0205 e. The number of hydrogen-bond acceptors (Lipinski definition) is 1. The predicted molar refractivity (Wildman–Crippen MR) is 67.8 cm³/mol. The quantitative estimate of drug-likeness (QED) is 0.775. The van der Waals surface area contributed by atoms with E-state index in [0.29, 0.717) is 0 Å². The number of rotatable bonds is 6. The second-order valence-corrected chi connectivity index (χ2v) is 5.30. The molecule has 0 saturated heterocycles. The van der Waals surface area contributed by atoms with Gasteiger partial charge in [0.25, 0.3) is 0 Å². The third-order valence-corrected chi connectivity index (χ3v) is 3.43. The molecule has 1 fully saturated rings. The second-order valence-electron chi connectivity index (χ2n) is 4.39. The average molecular weight is 268 g/mol. The van der Waals surface area contributed by atoms with E-state index in [-0.39, 0.29) is 0 Å². The fraction of sp³-hybridized carbons (Fsp3) is 0.538. The van der Waals surface area contributed by atoms with Crippen LogP contribution in [0, 0.1) is 5.92 Å². The van der Waals surface area contributed by atoms with E-state index in [1.54, 1.807) is 0 Å². The highest BCUT2D eigenvalue weighted by Crippen LogP contribution is 2.33. The zero-order valence-electron chi connectivity index (χ0n) is 9.01. The number of halogens is 1. The zero-order valence-corrected chi connectivity index (χ0v) is 10.6. The lowest BCUT2D eigenvalue weighted by Crippen LogP contribution is -2.14. The molecule has 1 saturated carbocycles. The highest BCUT2D eigenvalue weighted by atomic mass is 79.9. The Morgan fingerprint density at radius 3 is 2.60 bits per heavy atom. The fourth-order valence-corrected chi connectivity index (χ4v) is 2.02. The van der Waals surface area contributed by atoms with Crippen LogP contribution < -0.4 is 5.32 Å². The minimum Gasteiger partial charge on any atom is -0.313 e. The first-order valence-corrected chi connectivity index (χ1v) is 6.59. The molecule has 1 N–H and O–H groups in total. The summed E-state index contributed by atoms with van der Waals surface area (Å²) in [6.07, 6.45) is 5.72. The predicted octanol–water partition coefficient (Wildman–Crippen LogP) is 3.73. The van der Waals surface area contributed by atoms with Crippen LogP contribution in [0.2, 0.25) is 0 Å². The summed E-state index contributed by atoms with van der Waals surface area (Å²) in [5, 5.41) is 3.49. The van der Waals surface area contributed by atoms with Gasteiger partial charge in [-0.3, -0.25) is 0 Å². The SMILES string of the molecule is Brc1ccc(CNCCCC2CC2)cc1. The van der Waals surface area contributed by atoms with Crippen molar-refractivity contribution < 1.29 is 0 Å². The number of benzene rings is 1. The van der Waals surface area contributed by atoms with E-state index in [0.717, 1.165) is 23.5 Å². The molecule has 1 nitrogen and oxygen atoms in total. The Labute approximate surface area is 100 Å². The van der Waals surface area contributed by atoms with Gasteiger partial charge in [0.1, 0.15) is 0 Å². The van der Waals surface area contributed by atoms with Crippen molar-refractivity contribution in [1.29, 1.82) is 0 Å². The Kier molecular flexibility index (Phi) is 4.21. The minimum absolute atomic E-state index is 0.998.